The van der Waals surface area contributed by atoms with Gasteiger partial charge in [0.2, 0.25) is 0 Å². The molecule has 11 fully saturated rings. The van der Waals surface area contributed by atoms with Crippen LogP contribution in [0.5, 0.6) is 0 Å². The molecule has 1 saturated heterocycles. The molecule has 0 N–H and O–H groups in total. The summed E-state index contributed by atoms with van der Waals surface area (Å²) in [6.07, 6.45) is 45.9. The monoisotopic (exact) mass is 783 g/mol. The third-order valence-electron chi connectivity index (χ3n) is 22.5. The Morgan fingerprint density at radius 3 is 1.05 bits per heavy atom. The first-order chi connectivity index (χ1) is 27.8. The van der Waals surface area contributed by atoms with E-state index in [9.17, 15) is 0 Å². The van der Waals surface area contributed by atoms with Crippen molar-refractivity contribution < 1.29 is 4.74 Å². The minimum Gasteiger partial charge on any atom is -0.374 e. The Balaban J connectivity index is 0.791. The van der Waals surface area contributed by atoms with Gasteiger partial charge in [-0.05, 0) is 198 Å². The summed E-state index contributed by atoms with van der Waals surface area (Å²) in [4.78, 5) is 6.61. The van der Waals surface area contributed by atoms with E-state index < -0.39 is 0 Å². The summed E-state index contributed by atoms with van der Waals surface area (Å²) in [5.41, 5.74) is 1.11. The number of nitrogens with zero attached hydrogens (tertiary/aromatic N) is 2. The van der Waals surface area contributed by atoms with Crippen LogP contribution in [0, 0.1) is 70.0 Å². The van der Waals surface area contributed by atoms with Gasteiger partial charge in [-0.15, -0.1) is 0 Å². The molecular formula is C54H90N2O. The van der Waals surface area contributed by atoms with Crippen LogP contribution in [0.15, 0.2) is 0 Å². The molecule has 0 radical (unpaired) electrons. The second-order valence-electron chi connectivity index (χ2n) is 25.2. The normalized spacial score (nSPS) is 49.8. The molecule has 0 aromatic carbocycles. The van der Waals surface area contributed by atoms with Crippen molar-refractivity contribution in [3.05, 3.63) is 0 Å². The van der Waals surface area contributed by atoms with Gasteiger partial charge in [0.1, 0.15) is 0 Å². The Bertz CT molecular complexity index is 1280. The van der Waals surface area contributed by atoms with Crippen molar-refractivity contribution in [3.8, 4) is 0 Å². The topological polar surface area (TPSA) is 15.7 Å². The minimum absolute atomic E-state index is 0.548. The van der Waals surface area contributed by atoms with Gasteiger partial charge >= 0.3 is 0 Å². The number of ether oxygens (including phenoxy) is 1. The van der Waals surface area contributed by atoms with Crippen LogP contribution in [0.4, 0.5) is 0 Å². The van der Waals surface area contributed by atoms with Crippen molar-refractivity contribution >= 4 is 0 Å². The first kappa shape index (κ1) is 39.7. The van der Waals surface area contributed by atoms with E-state index >= 15 is 0 Å². The van der Waals surface area contributed by atoms with Gasteiger partial charge in [-0.25, -0.2) is 0 Å². The molecule has 10 aliphatic carbocycles. The maximum atomic E-state index is 7.56. The summed E-state index contributed by atoms with van der Waals surface area (Å²) in [5.74, 6) is 9.87. The Morgan fingerprint density at radius 1 is 0.298 bits per heavy atom. The van der Waals surface area contributed by atoms with Gasteiger partial charge in [0.05, 0.1) is 12.2 Å². The van der Waals surface area contributed by atoms with Gasteiger partial charge in [-0.3, -0.25) is 9.80 Å². The highest BCUT2D eigenvalue weighted by molar-refractivity contribution is 5.10. The van der Waals surface area contributed by atoms with Gasteiger partial charge in [-0.2, -0.15) is 0 Å². The zero-order valence-electron chi connectivity index (χ0n) is 37.9. The lowest BCUT2D eigenvalue weighted by molar-refractivity contribution is -0.0653. The van der Waals surface area contributed by atoms with Crippen molar-refractivity contribution in [2.75, 3.05) is 0 Å². The SMILES string of the molecule is CC1(C)C2CCCCC2C2CCC(N(C3CCCCC3)C3CCC4C(C3)OC3CC(N(C5CCCCC5)C5CCC6C7CCCCC7C(C)(C)C6C5)CCC34)CC21. The summed E-state index contributed by atoms with van der Waals surface area (Å²) < 4.78 is 7.56. The molecule has 16 unspecified atom stereocenters. The van der Waals surface area contributed by atoms with Crippen LogP contribution in [-0.2, 0) is 4.74 Å². The Morgan fingerprint density at radius 2 is 0.632 bits per heavy atom. The van der Waals surface area contributed by atoms with E-state index in [0.29, 0.717) is 23.0 Å². The molecule has 11 aliphatic rings. The predicted molar refractivity (Wildman–Crippen MR) is 236 cm³/mol. The van der Waals surface area contributed by atoms with Crippen LogP contribution >= 0.6 is 0 Å². The van der Waals surface area contributed by atoms with E-state index in [1.54, 1.807) is 25.7 Å². The quantitative estimate of drug-likeness (QED) is 0.267. The Kier molecular flexibility index (Phi) is 11.1. The number of hydrogen-bond acceptors (Lipinski definition) is 3. The molecule has 57 heavy (non-hydrogen) atoms. The maximum absolute atomic E-state index is 7.56. The molecule has 10 saturated carbocycles. The molecule has 1 aliphatic heterocycles. The Hall–Kier alpha value is -0.120. The predicted octanol–water partition coefficient (Wildman–Crippen LogP) is 13.6. The summed E-state index contributed by atoms with van der Waals surface area (Å²) in [6.45, 7) is 11.0. The van der Waals surface area contributed by atoms with E-state index in [0.717, 1.165) is 95.4 Å². The number of rotatable bonds is 6. The largest absolute Gasteiger partial charge is 0.374 e. The molecule has 0 aromatic rings. The minimum atomic E-state index is 0.548. The molecule has 3 nitrogen and oxygen atoms in total. The number of fused-ring (bicyclic) bond motifs is 9. The van der Waals surface area contributed by atoms with E-state index in [1.807, 2.05) is 0 Å². The molecule has 0 amide bonds. The first-order valence-corrected chi connectivity index (χ1v) is 27.0. The van der Waals surface area contributed by atoms with Gasteiger partial charge in [0.15, 0.2) is 0 Å². The van der Waals surface area contributed by atoms with Crippen molar-refractivity contribution in [3.63, 3.8) is 0 Å². The zero-order valence-corrected chi connectivity index (χ0v) is 37.9. The highest BCUT2D eigenvalue weighted by Gasteiger charge is 2.60. The van der Waals surface area contributed by atoms with Gasteiger partial charge < -0.3 is 4.74 Å². The van der Waals surface area contributed by atoms with Gasteiger partial charge in [0.25, 0.3) is 0 Å². The second kappa shape index (κ2) is 15.9. The lowest BCUT2D eigenvalue weighted by Crippen LogP contribution is -2.55. The fourth-order valence-corrected chi connectivity index (χ4v) is 20.2. The highest BCUT2D eigenvalue weighted by Crippen LogP contribution is 2.65. The van der Waals surface area contributed by atoms with E-state index in [1.165, 1.54) is 167 Å². The fourth-order valence-electron chi connectivity index (χ4n) is 20.2. The summed E-state index contributed by atoms with van der Waals surface area (Å²) in [7, 11) is 0. The Labute approximate surface area is 352 Å². The van der Waals surface area contributed by atoms with Crippen LogP contribution in [0.2, 0.25) is 0 Å². The molecule has 3 heteroatoms. The van der Waals surface area contributed by atoms with Crippen LogP contribution in [0.3, 0.4) is 0 Å². The first-order valence-electron chi connectivity index (χ1n) is 27.0. The molecule has 1 heterocycles. The molecule has 11 rings (SSSR count). The second-order valence-corrected chi connectivity index (χ2v) is 25.2. The van der Waals surface area contributed by atoms with Crippen LogP contribution in [0.25, 0.3) is 0 Å². The van der Waals surface area contributed by atoms with Crippen molar-refractivity contribution in [2.45, 2.75) is 269 Å². The van der Waals surface area contributed by atoms with Crippen molar-refractivity contribution in [1.82, 2.24) is 9.80 Å². The smallest absolute Gasteiger partial charge is 0.0625 e. The van der Waals surface area contributed by atoms with Crippen LogP contribution in [-0.4, -0.2) is 58.3 Å². The number of hydrogen-bond donors (Lipinski definition) is 0. The van der Waals surface area contributed by atoms with Crippen LogP contribution in [0.1, 0.15) is 220 Å². The van der Waals surface area contributed by atoms with E-state index in [4.69, 9.17) is 4.74 Å². The van der Waals surface area contributed by atoms with Crippen LogP contribution < -0.4 is 0 Å². The van der Waals surface area contributed by atoms with Crippen molar-refractivity contribution in [2.24, 2.45) is 70.0 Å². The average molecular weight is 783 g/mol. The van der Waals surface area contributed by atoms with E-state index in [2.05, 4.69) is 37.5 Å². The summed E-state index contributed by atoms with van der Waals surface area (Å²) in [5, 5.41) is 0. The van der Waals surface area contributed by atoms with E-state index in [-0.39, 0.29) is 0 Å². The zero-order chi connectivity index (χ0) is 38.5. The lowest BCUT2D eigenvalue weighted by Gasteiger charge is -2.52. The maximum Gasteiger partial charge on any atom is 0.0625 e. The van der Waals surface area contributed by atoms with Gasteiger partial charge in [0, 0.05) is 36.3 Å². The molecular weight excluding hydrogens is 693 g/mol. The molecule has 0 aromatic heterocycles. The average Bonchev–Trinajstić information content (AvgIpc) is 3.80. The highest BCUT2D eigenvalue weighted by atomic mass is 16.5. The summed E-state index contributed by atoms with van der Waals surface area (Å²) in [6, 6.07) is 4.97. The molecule has 0 spiro atoms. The fraction of sp³-hybridized carbons (Fsp3) is 1.00. The van der Waals surface area contributed by atoms with Gasteiger partial charge in [-0.1, -0.05) is 91.9 Å². The van der Waals surface area contributed by atoms with Crippen molar-refractivity contribution in [1.29, 1.82) is 0 Å². The third-order valence-corrected chi connectivity index (χ3v) is 22.5. The third kappa shape index (κ3) is 6.85. The standard InChI is InChI=1S/C54H90N2O/c1-53(2)47-21-13-11-19-41(47)43-27-23-37(31-49(43)53)55(35-15-7-5-8-16-35)39-25-29-45-46-30-26-40(34-52(46)57-51(45)33-39)56(36-17-9-6-10-18-36)38-24-28-44-42-20-12-14-22-48(42)54(3,4)50(44)32-38/h35-52H,5-34H2,1-4H3. The lowest BCUT2D eigenvalue weighted by atomic mass is 9.66. The molecule has 322 valence electrons. The molecule has 0 bridgehead atoms. The molecule has 16 atom stereocenters. The summed E-state index contributed by atoms with van der Waals surface area (Å²) >= 11 is 0.